The van der Waals surface area contributed by atoms with Gasteiger partial charge in [-0.25, -0.2) is 9.78 Å². The fourth-order valence-corrected chi connectivity index (χ4v) is 2.05. The number of methoxy groups -OCH3 is 1. The van der Waals surface area contributed by atoms with Crippen LogP contribution in [0.1, 0.15) is 10.4 Å². The summed E-state index contributed by atoms with van der Waals surface area (Å²) in [5.74, 6) is -0.520. The first-order valence-electron chi connectivity index (χ1n) is 5.90. The molecule has 0 spiro atoms. The molecule has 0 saturated carbocycles. The Balaban J connectivity index is 1.94. The van der Waals surface area contributed by atoms with Gasteiger partial charge in [-0.1, -0.05) is 0 Å². The summed E-state index contributed by atoms with van der Waals surface area (Å²) >= 11 is 1.31. The summed E-state index contributed by atoms with van der Waals surface area (Å²) in [4.78, 5) is 26.9. The molecule has 0 radical (unpaired) electrons. The lowest BCUT2D eigenvalue weighted by Gasteiger charge is -2.09. The molecule has 2 aromatic rings. The van der Waals surface area contributed by atoms with Gasteiger partial charge in [0.25, 0.3) is 5.91 Å². The number of thiazole rings is 1. The monoisotopic (exact) mass is 307 g/mol. The van der Waals surface area contributed by atoms with Gasteiger partial charge in [-0.05, 0) is 18.2 Å². The summed E-state index contributed by atoms with van der Waals surface area (Å²) in [5.41, 5.74) is 6.33. The first-order chi connectivity index (χ1) is 10.1. The number of hydrogen-bond donors (Lipinski definition) is 2. The van der Waals surface area contributed by atoms with Crippen LogP contribution in [0.5, 0.6) is 5.75 Å². The third-order valence-corrected chi connectivity index (χ3v) is 3.16. The average molecular weight is 307 g/mol. The van der Waals surface area contributed by atoms with Crippen molar-refractivity contribution >= 4 is 34.0 Å². The molecule has 0 saturated heterocycles. The first kappa shape index (κ1) is 14.8. The fourth-order valence-electron chi connectivity index (χ4n) is 1.51. The van der Waals surface area contributed by atoms with Crippen molar-refractivity contribution in [1.82, 2.24) is 4.98 Å². The number of carbonyl (C=O) groups is 2. The van der Waals surface area contributed by atoms with E-state index < -0.39 is 5.97 Å². The Morgan fingerprint density at radius 2 is 2.24 bits per heavy atom. The Bertz CT molecular complexity index is 643. The van der Waals surface area contributed by atoms with Gasteiger partial charge >= 0.3 is 5.97 Å². The van der Waals surface area contributed by atoms with Crippen molar-refractivity contribution in [2.24, 2.45) is 0 Å². The molecular formula is C13H13N3O4S. The van der Waals surface area contributed by atoms with E-state index in [2.05, 4.69) is 15.0 Å². The number of nitrogens with two attached hydrogens (primary N) is 1. The molecule has 0 aliphatic rings. The molecule has 110 valence electrons. The minimum absolute atomic E-state index is 0.207. The predicted octanol–water partition coefficient (Wildman–Crippen LogP) is 1.53. The van der Waals surface area contributed by atoms with Gasteiger partial charge in [-0.15, -0.1) is 11.3 Å². The van der Waals surface area contributed by atoms with Crippen molar-refractivity contribution in [1.29, 1.82) is 0 Å². The summed E-state index contributed by atoms with van der Waals surface area (Å²) < 4.78 is 9.89. The number of rotatable bonds is 5. The predicted molar refractivity (Wildman–Crippen MR) is 78.4 cm³/mol. The third-order valence-electron chi connectivity index (χ3n) is 2.47. The van der Waals surface area contributed by atoms with E-state index in [1.165, 1.54) is 36.6 Å². The number of nitrogens with one attached hydrogen (secondary N) is 1. The van der Waals surface area contributed by atoms with E-state index in [0.29, 0.717) is 16.4 Å². The fraction of sp³-hybridized carbons (Fsp3) is 0.154. The van der Waals surface area contributed by atoms with Gasteiger partial charge in [0.15, 0.2) is 11.7 Å². The van der Waals surface area contributed by atoms with Crippen LogP contribution in [-0.4, -0.2) is 30.6 Å². The van der Waals surface area contributed by atoms with Crippen LogP contribution in [0.2, 0.25) is 0 Å². The van der Waals surface area contributed by atoms with Crippen molar-refractivity contribution < 1.29 is 19.1 Å². The summed E-state index contributed by atoms with van der Waals surface area (Å²) in [6.07, 6.45) is 1.59. The second-order valence-corrected chi connectivity index (χ2v) is 4.81. The maximum Gasteiger partial charge on any atom is 0.337 e. The quantitative estimate of drug-likeness (QED) is 0.641. The lowest BCUT2D eigenvalue weighted by Crippen LogP contribution is -2.20. The third kappa shape index (κ3) is 3.93. The SMILES string of the molecule is COC(=O)c1ccc(OCC(=O)Nc2nccs2)c(N)c1. The van der Waals surface area contributed by atoms with Crippen LogP contribution in [0, 0.1) is 0 Å². The minimum Gasteiger partial charge on any atom is -0.482 e. The number of nitrogen functional groups attached to an aromatic ring is 1. The summed E-state index contributed by atoms with van der Waals surface area (Å²) in [7, 11) is 1.28. The van der Waals surface area contributed by atoms with E-state index in [1.807, 2.05) is 0 Å². The molecule has 7 nitrogen and oxygen atoms in total. The van der Waals surface area contributed by atoms with Crippen LogP contribution in [0.4, 0.5) is 10.8 Å². The first-order valence-corrected chi connectivity index (χ1v) is 6.78. The Hall–Kier alpha value is -2.61. The Morgan fingerprint density at radius 1 is 1.43 bits per heavy atom. The number of carbonyl (C=O) groups excluding carboxylic acids is 2. The highest BCUT2D eigenvalue weighted by atomic mass is 32.1. The number of amides is 1. The molecule has 0 aliphatic carbocycles. The zero-order valence-corrected chi connectivity index (χ0v) is 12.0. The van der Waals surface area contributed by atoms with Gasteiger partial charge in [0, 0.05) is 11.6 Å². The molecule has 0 unspecified atom stereocenters. The normalized spacial score (nSPS) is 9.95. The zero-order chi connectivity index (χ0) is 15.2. The minimum atomic E-state index is -0.491. The summed E-state index contributed by atoms with van der Waals surface area (Å²) in [6, 6.07) is 4.45. The van der Waals surface area contributed by atoms with Gasteiger partial charge in [0.2, 0.25) is 0 Å². The Kier molecular flexibility index (Phi) is 4.72. The molecule has 0 aliphatic heterocycles. The maximum absolute atomic E-state index is 11.6. The van der Waals surface area contributed by atoms with E-state index >= 15 is 0 Å². The van der Waals surface area contributed by atoms with Crippen molar-refractivity contribution in [2.75, 3.05) is 24.8 Å². The van der Waals surface area contributed by atoms with E-state index in [4.69, 9.17) is 10.5 Å². The molecule has 0 bridgehead atoms. The van der Waals surface area contributed by atoms with Crippen LogP contribution in [0.25, 0.3) is 0 Å². The van der Waals surface area contributed by atoms with Gasteiger partial charge in [0.05, 0.1) is 18.4 Å². The van der Waals surface area contributed by atoms with Gasteiger partial charge < -0.3 is 15.2 Å². The average Bonchev–Trinajstić information content (AvgIpc) is 2.98. The molecule has 0 fully saturated rings. The number of benzene rings is 1. The molecule has 0 atom stereocenters. The van der Waals surface area contributed by atoms with E-state index in [1.54, 1.807) is 11.6 Å². The highest BCUT2D eigenvalue weighted by Crippen LogP contribution is 2.23. The van der Waals surface area contributed by atoms with Crippen LogP contribution in [0.3, 0.4) is 0 Å². The number of hydrogen-bond acceptors (Lipinski definition) is 7. The zero-order valence-electron chi connectivity index (χ0n) is 11.2. The van der Waals surface area contributed by atoms with Crippen molar-refractivity contribution in [3.63, 3.8) is 0 Å². The molecule has 3 N–H and O–H groups in total. The topological polar surface area (TPSA) is 104 Å². The van der Waals surface area contributed by atoms with Gasteiger partial charge in [-0.2, -0.15) is 0 Å². The van der Waals surface area contributed by atoms with Crippen LogP contribution in [-0.2, 0) is 9.53 Å². The van der Waals surface area contributed by atoms with E-state index in [0.717, 1.165) is 0 Å². The Labute approximate surface area is 124 Å². The molecule has 1 aromatic heterocycles. The van der Waals surface area contributed by atoms with Crippen molar-refractivity contribution in [2.45, 2.75) is 0 Å². The molecule has 21 heavy (non-hydrogen) atoms. The number of anilines is 2. The molecule has 8 heteroatoms. The molecule has 1 heterocycles. The molecule has 1 aromatic carbocycles. The largest absolute Gasteiger partial charge is 0.482 e. The highest BCUT2D eigenvalue weighted by molar-refractivity contribution is 7.13. The number of ether oxygens (including phenoxy) is 2. The molecular weight excluding hydrogens is 294 g/mol. The lowest BCUT2D eigenvalue weighted by molar-refractivity contribution is -0.118. The Morgan fingerprint density at radius 3 is 2.86 bits per heavy atom. The van der Waals surface area contributed by atoms with Crippen molar-refractivity contribution in [3.05, 3.63) is 35.3 Å². The van der Waals surface area contributed by atoms with E-state index in [9.17, 15) is 9.59 Å². The smallest absolute Gasteiger partial charge is 0.337 e. The highest BCUT2D eigenvalue weighted by Gasteiger charge is 2.10. The van der Waals surface area contributed by atoms with Crippen molar-refractivity contribution in [3.8, 4) is 5.75 Å². The standard InChI is InChI=1S/C13H13N3O4S/c1-19-12(18)8-2-3-10(9(14)6-8)20-7-11(17)16-13-15-4-5-21-13/h2-6H,7,14H2,1H3,(H,15,16,17). The van der Waals surface area contributed by atoms with E-state index in [-0.39, 0.29) is 18.2 Å². The summed E-state index contributed by atoms with van der Waals surface area (Å²) in [6.45, 7) is -0.207. The summed E-state index contributed by atoms with van der Waals surface area (Å²) in [5, 5.41) is 4.83. The maximum atomic E-state index is 11.6. The number of aromatic nitrogens is 1. The molecule has 2 rings (SSSR count). The van der Waals surface area contributed by atoms with Gasteiger partial charge in [0.1, 0.15) is 5.75 Å². The second-order valence-electron chi connectivity index (χ2n) is 3.92. The van der Waals surface area contributed by atoms with Crippen LogP contribution < -0.4 is 15.8 Å². The lowest BCUT2D eigenvalue weighted by atomic mass is 10.2. The number of esters is 1. The van der Waals surface area contributed by atoms with Crippen LogP contribution in [0.15, 0.2) is 29.8 Å². The molecule has 1 amide bonds. The number of nitrogens with zero attached hydrogens (tertiary/aromatic N) is 1. The van der Waals surface area contributed by atoms with Gasteiger partial charge in [-0.3, -0.25) is 10.1 Å². The van der Waals surface area contributed by atoms with Crippen LogP contribution >= 0.6 is 11.3 Å². The second kappa shape index (κ2) is 6.71.